The van der Waals surface area contributed by atoms with Crippen LogP contribution < -0.4 is 20.3 Å². The minimum Gasteiger partial charge on any atom is -0.496 e. The Morgan fingerprint density at radius 3 is 2.29 bits per heavy atom. The Hall–Kier alpha value is -2.92. The molecule has 11 heteroatoms. The first-order chi connectivity index (χ1) is 14.8. The highest BCUT2D eigenvalue weighted by Gasteiger charge is 2.30. The Labute approximate surface area is 182 Å². The van der Waals surface area contributed by atoms with E-state index < -0.39 is 15.9 Å². The van der Waals surface area contributed by atoms with Crippen LogP contribution in [-0.2, 0) is 10.0 Å². The van der Waals surface area contributed by atoms with E-state index in [-0.39, 0.29) is 16.2 Å². The molecular formula is C20H28N6O4S. The molecular weight excluding hydrogens is 420 g/mol. The molecule has 0 unspecified atom stereocenters. The molecule has 168 valence electrons. The van der Waals surface area contributed by atoms with Crippen molar-refractivity contribution in [2.75, 3.05) is 56.2 Å². The first kappa shape index (κ1) is 22.8. The van der Waals surface area contributed by atoms with Gasteiger partial charge in [0.25, 0.3) is 5.91 Å². The zero-order chi connectivity index (χ0) is 22.6. The number of ether oxygens (including phenoxy) is 1. The topological polar surface area (TPSA) is 122 Å². The van der Waals surface area contributed by atoms with Crippen molar-refractivity contribution in [2.24, 2.45) is 5.73 Å². The van der Waals surface area contributed by atoms with E-state index >= 15 is 0 Å². The van der Waals surface area contributed by atoms with Gasteiger partial charge in [0.1, 0.15) is 5.75 Å². The van der Waals surface area contributed by atoms with Crippen LogP contribution in [0.1, 0.15) is 24.2 Å². The molecule has 0 saturated carbocycles. The second kappa shape index (κ2) is 9.48. The summed E-state index contributed by atoms with van der Waals surface area (Å²) in [6.07, 6.45) is 0. The van der Waals surface area contributed by atoms with Gasteiger partial charge in [0.15, 0.2) is 11.6 Å². The van der Waals surface area contributed by atoms with Crippen LogP contribution in [0.2, 0.25) is 0 Å². The third-order valence-electron chi connectivity index (χ3n) is 5.36. The SMILES string of the molecule is CCN(CC)c1ccc(N2CCN(S(=O)(=O)c3ccc(OC)c(C(N)=O)c3)CC2)nn1. The van der Waals surface area contributed by atoms with Crippen LogP contribution in [0, 0.1) is 0 Å². The van der Waals surface area contributed by atoms with Crippen molar-refractivity contribution in [3.05, 3.63) is 35.9 Å². The van der Waals surface area contributed by atoms with Crippen LogP contribution in [0.15, 0.2) is 35.2 Å². The normalized spacial score (nSPS) is 15.0. The fourth-order valence-electron chi connectivity index (χ4n) is 3.55. The summed E-state index contributed by atoms with van der Waals surface area (Å²) in [6, 6.07) is 7.97. The lowest BCUT2D eigenvalue weighted by Crippen LogP contribution is -2.49. The van der Waals surface area contributed by atoms with Crippen LogP contribution in [-0.4, -0.2) is 75.2 Å². The van der Waals surface area contributed by atoms with E-state index in [4.69, 9.17) is 10.5 Å². The predicted octanol–water partition coefficient (Wildman–Crippen LogP) is 0.941. The minimum absolute atomic E-state index is 0.0129. The van der Waals surface area contributed by atoms with Gasteiger partial charge in [-0.15, -0.1) is 10.2 Å². The number of hydrogen-bond donors (Lipinski definition) is 1. The maximum absolute atomic E-state index is 13.1. The lowest BCUT2D eigenvalue weighted by Gasteiger charge is -2.34. The average Bonchev–Trinajstić information content (AvgIpc) is 2.80. The van der Waals surface area contributed by atoms with Gasteiger partial charge < -0.3 is 20.3 Å². The summed E-state index contributed by atoms with van der Waals surface area (Å²) in [7, 11) is -2.38. The smallest absolute Gasteiger partial charge is 0.252 e. The van der Waals surface area contributed by atoms with Crippen molar-refractivity contribution in [1.82, 2.24) is 14.5 Å². The number of nitrogens with zero attached hydrogens (tertiary/aromatic N) is 5. The van der Waals surface area contributed by atoms with Gasteiger partial charge in [-0.1, -0.05) is 0 Å². The number of anilines is 2. The van der Waals surface area contributed by atoms with Crippen molar-refractivity contribution in [3.63, 3.8) is 0 Å². The summed E-state index contributed by atoms with van der Waals surface area (Å²) in [6.45, 7) is 7.38. The van der Waals surface area contributed by atoms with Crippen molar-refractivity contribution < 1.29 is 17.9 Å². The summed E-state index contributed by atoms with van der Waals surface area (Å²) in [5.41, 5.74) is 5.39. The zero-order valence-corrected chi connectivity index (χ0v) is 18.8. The highest BCUT2D eigenvalue weighted by atomic mass is 32.2. The number of nitrogens with two attached hydrogens (primary N) is 1. The highest BCUT2D eigenvalue weighted by Crippen LogP contribution is 2.25. The molecule has 1 aliphatic rings. The molecule has 10 nitrogen and oxygen atoms in total. The van der Waals surface area contributed by atoms with Crippen LogP contribution >= 0.6 is 0 Å². The Morgan fingerprint density at radius 1 is 1.10 bits per heavy atom. The van der Waals surface area contributed by atoms with E-state index in [9.17, 15) is 13.2 Å². The molecule has 2 aromatic rings. The van der Waals surface area contributed by atoms with Gasteiger partial charge >= 0.3 is 0 Å². The van der Waals surface area contributed by atoms with Gasteiger partial charge in [-0.2, -0.15) is 4.31 Å². The first-order valence-electron chi connectivity index (χ1n) is 10.1. The fourth-order valence-corrected chi connectivity index (χ4v) is 5.00. The molecule has 0 bridgehead atoms. The number of carbonyl (C=O) groups excluding carboxylic acids is 1. The number of amides is 1. The Balaban J connectivity index is 1.71. The lowest BCUT2D eigenvalue weighted by molar-refractivity contribution is 0.0997. The predicted molar refractivity (Wildman–Crippen MR) is 118 cm³/mol. The second-order valence-electron chi connectivity index (χ2n) is 7.04. The average molecular weight is 449 g/mol. The maximum Gasteiger partial charge on any atom is 0.252 e. The number of rotatable bonds is 8. The number of hydrogen-bond acceptors (Lipinski definition) is 8. The number of piperazine rings is 1. The van der Waals surface area contributed by atoms with E-state index in [1.807, 2.05) is 17.0 Å². The van der Waals surface area contributed by atoms with Gasteiger partial charge in [-0.05, 0) is 44.2 Å². The molecule has 0 spiro atoms. The largest absolute Gasteiger partial charge is 0.496 e. The second-order valence-corrected chi connectivity index (χ2v) is 8.98. The Kier molecular flexibility index (Phi) is 6.96. The van der Waals surface area contributed by atoms with Gasteiger partial charge in [-0.3, -0.25) is 4.79 Å². The molecule has 1 fully saturated rings. The fraction of sp³-hybridized carbons (Fsp3) is 0.450. The van der Waals surface area contributed by atoms with Gasteiger partial charge in [0.2, 0.25) is 10.0 Å². The van der Waals surface area contributed by atoms with E-state index in [1.54, 1.807) is 0 Å². The van der Waals surface area contributed by atoms with Gasteiger partial charge in [0.05, 0.1) is 17.6 Å². The molecule has 3 rings (SSSR count). The third-order valence-corrected chi connectivity index (χ3v) is 7.26. The van der Waals surface area contributed by atoms with Gasteiger partial charge in [-0.25, -0.2) is 8.42 Å². The molecule has 2 heterocycles. The lowest BCUT2D eigenvalue weighted by atomic mass is 10.2. The molecule has 0 radical (unpaired) electrons. The molecule has 1 aromatic carbocycles. The summed E-state index contributed by atoms with van der Waals surface area (Å²) < 4.78 is 32.6. The van der Waals surface area contributed by atoms with E-state index in [2.05, 4.69) is 28.9 Å². The summed E-state index contributed by atoms with van der Waals surface area (Å²) in [5, 5.41) is 8.62. The summed E-state index contributed by atoms with van der Waals surface area (Å²) >= 11 is 0. The quantitative estimate of drug-likeness (QED) is 0.633. The molecule has 1 saturated heterocycles. The number of primary amides is 1. The van der Waals surface area contributed by atoms with Crippen molar-refractivity contribution in [1.29, 1.82) is 0 Å². The molecule has 0 atom stereocenters. The number of benzene rings is 1. The third kappa shape index (κ3) is 4.72. The standard InChI is InChI=1S/C20H28N6O4S/c1-4-24(5-2)18-8-9-19(23-22-18)25-10-12-26(13-11-25)31(28,29)15-6-7-17(30-3)16(14-15)20(21)27/h6-9,14H,4-5,10-13H2,1-3H3,(H2,21,27). The maximum atomic E-state index is 13.1. The van der Waals surface area contributed by atoms with Crippen LogP contribution in [0.25, 0.3) is 0 Å². The van der Waals surface area contributed by atoms with E-state index in [0.29, 0.717) is 32.0 Å². The number of methoxy groups -OCH3 is 1. The minimum atomic E-state index is -3.77. The number of sulfonamides is 1. The first-order valence-corrected chi connectivity index (χ1v) is 11.6. The van der Waals surface area contributed by atoms with Crippen molar-refractivity contribution >= 4 is 27.6 Å². The van der Waals surface area contributed by atoms with Gasteiger partial charge in [0, 0.05) is 39.3 Å². The van der Waals surface area contributed by atoms with E-state index in [0.717, 1.165) is 18.9 Å². The molecule has 2 N–H and O–H groups in total. The summed E-state index contributed by atoms with van der Waals surface area (Å²) in [4.78, 5) is 15.8. The molecule has 31 heavy (non-hydrogen) atoms. The zero-order valence-electron chi connectivity index (χ0n) is 18.0. The van der Waals surface area contributed by atoms with Crippen molar-refractivity contribution in [2.45, 2.75) is 18.7 Å². The van der Waals surface area contributed by atoms with Crippen molar-refractivity contribution in [3.8, 4) is 5.75 Å². The number of carbonyl (C=O) groups is 1. The number of aromatic nitrogens is 2. The molecule has 1 aliphatic heterocycles. The summed E-state index contributed by atoms with van der Waals surface area (Å²) in [5.74, 6) is 1.03. The van der Waals surface area contributed by atoms with E-state index in [1.165, 1.54) is 29.6 Å². The Bertz CT molecular complexity index is 1020. The van der Waals surface area contributed by atoms with Crippen LogP contribution in [0.3, 0.4) is 0 Å². The highest BCUT2D eigenvalue weighted by molar-refractivity contribution is 7.89. The monoisotopic (exact) mass is 448 g/mol. The Morgan fingerprint density at radius 2 is 1.77 bits per heavy atom. The molecule has 1 aromatic heterocycles. The molecule has 1 amide bonds. The molecule has 0 aliphatic carbocycles. The van der Waals surface area contributed by atoms with Crippen LogP contribution in [0.5, 0.6) is 5.75 Å². The van der Waals surface area contributed by atoms with Crippen LogP contribution in [0.4, 0.5) is 11.6 Å².